The minimum Gasteiger partial charge on any atom is -0.250 e. The lowest BCUT2D eigenvalue weighted by Crippen LogP contribution is -2.11. The molecule has 1 saturated heterocycles. The Labute approximate surface area is 101 Å². The van der Waals surface area contributed by atoms with Crippen LogP contribution in [0.25, 0.3) is 0 Å². The van der Waals surface area contributed by atoms with E-state index in [9.17, 15) is 8.42 Å². The van der Waals surface area contributed by atoms with Crippen LogP contribution in [0.3, 0.4) is 0 Å². The second-order valence-electron chi connectivity index (χ2n) is 4.56. The fourth-order valence-corrected chi connectivity index (χ4v) is 4.23. The summed E-state index contributed by atoms with van der Waals surface area (Å²) < 4.78 is 25.3. The lowest BCUT2D eigenvalue weighted by molar-refractivity contribution is 0.236. The Morgan fingerprint density at radius 3 is 2.82 bits per heavy atom. The molecule has 2 unspecified atom stereocenters. The molecule has 0 radical (unpaired) electrons. The van der Waals surface area contributed by atoms with Gasteiger partial charge in [-0.1, -0.05) is 38.0 Å². The van der Waals surface area contributed by atoms with E-state index in [0.717, 1.165) is 31.2 Å². The predicted molar refractivity (Wildman–Crippen MR) is 62.4 cm³/mol. The molecule has 0 aliphatic carbocycles. The van der Waals surface area contributed by atoms with E-state index in [1.54, 1.807) is 12.1 Å². The van der Waals surface area contributed by atoms with Gasteiger partial charge in [-0.3, -0.25) is 0 Å². The number of hydrogen-bond acceptors (Lipinski definition) is 3. The summed E-state index contributed by atoms with van der Waals surface area (Å²) in [7, 11) is -3.39. The monoisotopic (exact) mass is 253 g/mol. The minimum atomic E-state index is -3.39. The van der Waals surface area contributed by atoms with Gasteiger partial charge < -0.3 is 0 Å². The summed E-state index contributed by atoms with van der Waals surface area (Å²) in [6, 6.07) is 7.12. The standard InChI is InChI=1S/C12H15NO3S/c1-2-3-6-9-12-10-7-4-5-8-11(10)17(14,15)13(12)16-12/h4-5,7-8H,2-3,6,9H2,1H3. The smallest absolute Gasteiger partial charge is 0.250 e. The summed E-state index contributed by atoms with van der Waals surface area (Å²) in [6.07, 6.45) is 3.94. The summed E-state index contributed by atoms with van der Waals surface area (Å²) in [5, 5.41) is 0. The van der Waals surface area contributed by atoms with Crippen molar-refractivity contribution in [3.05, 3.63) is 29.8 Å². The molecule has 2 aliphatic rings. The summed E-state index contributed by atoms with van der Waals surface area (Å²) in [4.78, 5) is 5.78. The van der Waals surface area contributed by atoms with E-state index >= 15 is 0 Å². The third-order valence-corrected chi connectivity index (χ3v) is 5.14. The molecule has 0 bridgehead atoms. The first-order valence-corrected chi connectivity index (χ1v) is 7.41. The molecule has 2 heterocycles. The van der Waals surface area contributed by atoms with Crippen LogP contribution in [0.2, 0.25) is 0 Å². The van der Waals surface area contributed by atoms with Gasteiger partial charge in [-0.2, -0.15) is 0 Å². The fraction of sp³-hybridized carbons (Fsp3) is 0.500. The van der Waals surface area contributed by atoms with Gasteiger partial charge in [0, 0.05) is 5.56 Å². The Balaban J connectivity index is 1.97. The number of benzene rings is 1. The highest BCUT2D eigenvalue weighted by atomic mass is 32.2. The van der Waals surface area contributed by atoms with Crippen molar-refractivity contribution in [3.63, 3.8) is 0 Å². The van der Waals surface area contributed by atoms with Gasteiger partial charge in [0.1, 0.15) is 0 Å². The van der Waals surface area contributed by atoms with Crippen LogP contribution in [0.5, 0.6) is 0 Å². The lowest BCUT2D eigenvalue weighted by Gasteiger charge is -2.07. The van der Waals surface area contributed by atoms with E-state index in [4.69, 9.17) is 4.84 Å². The zero-order valence-corrected chi connectivity index (χ0v) is 10.5. The number of nitrogens with zero attached hydrogens (tertiary/aromatic N) is 1. The number of unbranched alkanes of at least 4 members (excludes halogenated alkanes) is 2. The molecule has 5 heteroatoms. The molecule has 2 aliphatic heterocycles. The van der Waals surface area contributed by atoms with E-state index in [1.807, 2.05) is 12.1 Å². The molecule has 0 N–H and O–H groups in total. The van der Waals surface area contributed by atoms with Crippen LogP contribution in [-0.2, 0) is 20.6 Å². The van der Waals surface area contributed by atoms with Gasteiger partial charge >= 0.3 is 0 Å². The average Bonchev–Trinajstić information content (AvgIpc) is 3.02. The number of fused-ring (bicyclic) bond motifs is 3. The molecule has 92 valence electrons. The first-order chi connectivity index (χ1) is 8.13. The molecule has 0 saturated carbocycles. The minimum absolute atomic E-state index is 0.405. The maximum atomic E-state index is 12.1. The number of rotatable bonds is 4. The summed E-state index contributed by atoms with van der Waals surface area (Å²) in [6.45, 7) is 2.13. The second kappa shape index (κ2) is 3.54. The molecule has 0 amide bonds. The zero-order valence-electron chi connectivity index (χ0n) is 9.72. The molecule has 17 heavy (non-hydrogen) atoms. The van der Waals surface area contributed by atoms with Crippen molar-refractivity contribution in [3.8, 4) is 0 Å². The number of hydrogen-bond donors (Lipinski definition) is 0. The first-order valence-electron chi connectivity index (χ1n) is 5.97. The molecule has 3 rings (SSSR count). The van der Waals surface area contributed by atoms with Crippen LogP contribution in [0.1, 0.15) is 38.2 Å². The summed E-state index contributed by atoms with van der Waals surface area (Å²) in [5.41, 5.74) is 0.126. The van der Waals surface area contributed by atoms with E-state index in [0.29, 0.717) is 4.90 Å². The van der Waals surface area contributed by atoms with Gasteiger partial charge in [0.2, 0.25) is 5.72 Å². The molecule has 1 aromatic rings. The van der Waals surface area contributed by atoms with Crippen molar-refractivity contribution in [1.29, 1.82) is 0 Å². The molecular formula is C12H15NO3S. The highest BCUT2D eigenvalue weighted by Crippen LogP contribution is 2.59. The highest BCUT2D eigenvalue weighted by molar-refractivity contribution is 7.89. The third-order valence-electron chi connectivity index (χ3n) is 3.42. The molecule has 1 fully saturated rings. The molecule has 1 aromatic carbocycles. The van der Waals surface area contributed by atoms with Crippen LogP contribution in [-0.4, -0.2) is 12.9 Å². The van der Waals surface area contributed by atoms with Gasteiger partial charge in [0.15, 0.2) is 0 Å². The van der Waals surface area contributed by atoms with Crippen LogP contribution in [0.15, 0.2) is 29.2 Å². The van der Waals surface area contributed by atoms with Crippen molar-refractivity contribution in [2.24, 2.45) is 0 Å². The molecule has 0 aromatic heterocycles. The number of hydroxylamine groups is 1. The predicted octanol–water partition coefficient (Wildman–Crippen LogP) is 2.37. The van der Waals surface area contributed by atoms with Gasteiger partial charge in [-0.15, -0.1) is 0 Å². The Morgan fingerprint density at radius 2 is 2.06 bits per heavy atom. The SMILES string of the molecule is CCCCCC12ON1S(=O)(=O)c1ccccc12. The van der Waals surface area contributed by atoms with Crippen LogP contribution >= 0.6 is 0 Å². The van der Waals surface area contributed by atoms with Crippen LogP contribution in [0.4, 0.5) is 0 Å². The van der Waals surface area contributed by atoms with Crippen molar-refractivity contribution < 1.29 is 13.3 Å². The van der Waals surface area contributed by atoms with E-state index in [1.165, 1.54) is 4.47 Å². The normalized spacial score (nSPS) is 31.9. The van der Waals surface area contributed by atoms with Crippen molar-refractivity contribution in [2.75, 3.05) is 0 Å². The fourth-order valence-electron chi connectivity index (χ4n) is 2.50. The van der Waals surface area contributed by atoms with E-state index in [2.05, 4.69) is 6.92 Å². The van der Waals surface area contributed by atoms with Crippen molar-refractivity contribution >= 4 is 10.0 Å². The number of sulfonamides is 1. The summed E-state index contributed by atoms with van der Waals surface area (Å²) >= 11 is 0. The van der Waals surface area contributed by atoms with Gasteiger partial charge in [-0.25, -0.2) is 13.3 Å². The van der Waals surface area contributed by atoms with E-state index < -0.39 is 15.7 Å². The van der Waals surface area contributed by atoms with Gasteiger partial charge in [-0.05, 0) is 23.4 Å². The van der Waals surface area contributed by atoms with Crippen molar-refractivity contribution in [2.45, 2.75) is 43.2 Å². The van der Waals surface area contributed by atoms with E-state index in [-0.39, 0.29) is 0 Å². The first kappa shape index (κ1) is 11.2. The maximum absolute atomic E-state index is 12.1. The third kappa shape index (κ3) is 1.39. The van der Waals surface area contributed by atoms with Crippen molar-refractivity contribution in [1.82, 2.24) is 4.47 Å². The Kier molecular flexibility index (Phi) is 2.33. The average molecular weight is 253 g/mol. The van der Waals surface area contributed by atoms with Gasteiger partial charge in [0.25, 0.3) is 10.0 Å². The largest absolute Gasteiger partial charge is 0.268 e. The Morgan fingerprint density at radius 1 is 1.29 bits per heavy atom. The molecule has 4 nitrogen and oxygen atoms in total. The second-order valence-corrected chi connectivity index (χ2v) is 6.28. The summed E-state index contributed by atoms with van der Waals surface area (Å²) in [5.74, 6) is 0. The topological polar surface area (TPSA) is 49.7 Å². The van der Waals surface area contributed by atoms with Crippen LogP contribution < -0.4 is 0 Å². The Bertz CT molecular complexity index is 555. The maximum Gasteiger partial charge on any atom is 0.268 e. The van der Waals surface area contributed by atoms with Gasteiger partial charge in [0.05, 0.1) is 4.90 Å². The molecular weight excluding hydrogens is 238 g/mol. The Hall–Kier alpha value is -0.910. The quantitative estimate of drug-likeness (QED) is 0.611. The molecule has 0 spiro atoms. The lowest BCUT2D eigenvalue weighted by atomic mass is 9.99. The molecule has 2 atom stereocenters. The highest BCUT2D eigenvalue weighted by Gasteiger charge is 2.69. The van der Waals surface area contributed by atoms with Crippen LogP contribution in [0, 0.1) is 0 Å². The zero-order chi connectivity index (χ0) is 12.1.